The molecule has 0 saturated heterocycles. The van der Waals surface area contributed by atoms with E-state index in [0.717, 1.165) is 17.0 Å². The van der Waals surface area contributed by atoms with Gasteiger partial charge >= 0.3 is 12.1 Å². The molecule has 2 aromatic heterocycles. The maximum atomic E-state index is 13.3. The van der Waals surface area contributed by atoms with Crippen molar-refractivity contribution in [3.63, 3.8) is 0 Å². The van der Waals surface area contributed by atoms with E-state index in [1.165, 1.54) is 31.0 Å². The number of alkyl halides is 3. The lowest BCUT2D eigenvalue weighted by Gasteiger charge is -2.34. The van der Waals surface area contributed by atoms with E-state index in [0.29, 0.717) is 11.5 Å². The maximum Gasteiger partial charge on any atom is 0.417 e. The third-order valence-corrected chi connectivity index (χ3v) is 5.57. The highest BCUT2D eigenvalue weighted by Crippen LogP contribution is 2.38. The van der Waals surface area contributed by atoms with E-state index in [1.54, 1.807) is 11.5 Å². The highest BCUT2D eigenvalue weighted by atomic mass is 35.5. The van der Waals surface area contributed by atoms with Crippen molar-refractivity contribution in [1.82, 2.24) is 24.4 Å². The summed E-state index contributed by atoms with van der Waals surface area (Å²) >= 11 is 5.96. The van der Waals surface area contributed by atoms with Gasteiger partial charge < -0.3 is 9.64 Å². The lowest BCUT2D eigenvalue weighted by atomic mass is 10.00. The van der Waals surface area contributed by atoms with Gasteiger partial charge in [-0.1, -0.05) is 17.7 Å². The molecule has 12 heteroatoms. The van der Waals surface area contributed by atoms with Gasteiger partial charge in [0.15, 0.2) is 11.9 Å². The number of nitrogens with zero attached hydrogens (tertiary/aromatic N) is 5. The Balaban J connectivity index is 1.77. The number of ether oxygens (including phenoxy) is 1. The third kappa shape index (κ3) is 4.15. The van der Waals surface area contributed by atoms with E-state index in [2.05, 4.69) is 15.0 Å². The largest absolute Gasteiger partial charge is 0.464 e. The SMILES string of the molecule is CCOC(=O)C1c2ncn(-c3cnccn3)c2CCN1C(=O)c1cccc(C(F)(F)F)c1Cl. The number of benzene rings is 1. The first-order valence-corrected chi connectivity index (χ1v) is 10.3. The van der Waals surface area contributed by atoms with Crippen LogP contribution in [0.25, 0.3) is 5.82 Å². The molecule has 8 nitrogen and oxygen atoms in total. The highest BCUT2D eigenvalue weighted by molar-refractivity contribution is 6.34. The number of carbonyl (C=O) groups is 2. The number of fused-ring (bicyclic) bond motifs is 1. The van der Waals surface area contributed by atoms with Crippen molar-refractivity contribution < 1.29 is 27.5 Å². The monoisotopic (exact) mass is 479 g/mol. The molecule has 1 aromatic carbocycles. The van der Waals surface area contributed by atoms with E-state index in [9.17, 15) is 22.8 Å². The molecule has 1 unspecified atom stereocenters. The second-order valence-electron chi connectivity index (χ2n) is 7.08. The van der Waals surface area contributed by atoms with E-state index < -0.39 is 34.7 Å². The summed E-state index contributed by atoms with van der Waals surface area (Å²) in [5, 5.41) is -0.728. The molecule has 0 saturated carbocycles. The van der Waals surface area contributed by atoms with Crippen molar-refractivity contribution in [2.24, 2.45) is 0 Å². The number of esters is 1. The lowest BCUT2D eigenvalue weighted by molar-refractivity contribution is -0.149. The van der Waals surface area contributed by atoms with Crippen molar-refractivity contribution in [3.8, 4) is 5.82 Å². The second-order valence-corrected chi connectivity index (χ2v) is 7.46. The van der Waals surface area contributed by atoms with Crippen molar-refractivity contribution >= 4 is 23.5 Å². The fourth-order valence-electron chi connectivity index (χ4n) is 3.73. The van der Waals surface area contributed by atoms with Crippen LogP contribution in [-0.4, -0.2) is 49.4 Å². The van der Waals surface area contributed by atoms with Crippen molar-refractivity contribution in [1.29, 1.82) is 0 Å². The number of halogens is 4. The third-order valence-electron chi connectivity index (χ3n) is 5.16. The molecule has 0 N–H and O–H groups in total. The molecule has 33 heavy (non-hydrogen) atoms. The normalized spacial score (nSPS) is 15.8. The van der Waals surface area contributed by atoms with Crippen molar-refractivity contribution in [2.75, 3.05) is 13.2 Å². The summed E-state index contributed by atoms with van der Waals surface area (Å²) in [5.41, 5.74) is -0.625. The molecule has 3 aromatic rings. The summed E-state index contributed by atoms with van der Waals surface area (Å²) in [7, 11) is 0. The molecule has 1 aliphatic rings. The molecule has 0 fully saturated rings. The van der Waals surface area contributed by atoms with Crippen LogP contribution in [0.1, 0.15) is 40.3 Å². The summed E-state index contributed by atoms with van der Waals surface area (Å²) in [5.74, 6) is -1.11. The van der Waals surface area contributed by atoms with Gasteiger partial charge in [0.2, 0.25) is 0 Å². The van der Waals surface area contributed by atoms with Gasteiger partial charge in [-0.05, 0) is 19.1 Å². The topological polar surface area (TPSA) is 90.2 Å². The Morgan fingerprint density at radius 3 is 2.70 bits per heavy atom. The Morgan fingerprint density at radius 2 is 2.03 bits per heavy atom. The maximum absolute atomic E-state index is 13.3. The Hall–Kier alpha value is -3.47. The van der Waals surface area contributed by atoms with Crippen LogP contribution < -0.4 is 0 Å². The fraction of sp³-hybridized carbons (Fsp3) is 0.286. The second kappa shape index (κ2) is 8.81. The van der Waals surface area contributed by atoms with Gasteiger partial charge in [0.1, 0.15) is 6.33 Å². The van der Waals surface area contributed by atoms with Crippen LogP contribution in [0.5, 0.6) is 0 Å². The first kappa shape index (κ1) is 22.7. The molecule has 3 heterocycles. The minimum atomic E-state index is -4.74. The summed E-state index contributed by atoms with van der Waals surface area (Å²) in [6.07, 6.45) is 1.50. The van der Waals surface area contributed by atoms with Gasteiger partial charge in [0.05, 0.1) is 40.3 Å². The van der Waals surface area contributed by atoms with Crippen LogP contribution in [0.3, 0.4) is 0 Å². The van der Waals surface area contributed by atoms with Gasteiger partial charge in [0, 0.05) is 25.4 Å². The first-order valence-electron chi connectivity index (χ1n) is 9.89. The number of hydrogen-bond acceptors (Lipinski definition) is 6. The molecule has 4 rings (SSSR count). The highest BCUT2D eigenvalue weighted by Gasteiger charge is 2.42. The zero-order chi connectivity index (χ0) is 23.8. The predicted octanol–water partition coefficient (Wildman–Crippen LogP) is 3.64. The van der Waals surface area contributed by atoms with Crippen LogP contribution in [0.15, 0.2) is 43.1 Å². The standard InChI is InChI=1S/C21H17ClF3N5O3/c1-2-33-20(32)18-17-14(30(11-28-17)15-10-26-7-8-27-15)6-9-29(18)19(31)12-4-3-5-13(16(12)22)21(23,24)25/h3-5,7-8,10-11,18H,2,6,9H2,1H3. The van der Waals surface area contributed by atoms with E-state index >= 15 is 0 Å². The van der Waals surface area contributed by atoms with E-state index in [4.69, 9.17) is 16.3 Å². The Labute approximate surface area is 191 Å². The first-order chi connectivity index (χ1) is 15.7. The predicted molar refractivity (Wildman–Crippen MR) is 110 cm³/mol. The average molecular weight is 480 g/mol. The molecule has 0 spiro atoms. The zero-order valence-electron chi connectivity index (χ0n) is 17.2. The molecule has 172 valence electrons. The molecular weight excluding hydrogens is 463 g/mol. The summed E-state index contributed by atoms with van der Waals surface area (Å²) in [6, 6.07) is 1.82. The number of imidazole rings is 1. The van der Waals surface area contributed by atoms with Gasteiger partial charge in [-0.15, -0.1) is 0 Å². The molecule has 1 atom stereocenters. The Bertz CT molecular complexity index is 1200. The van der Waals surface area contributed by atoms with Crippen LogP contribution in [0.4, 0.5) is 13.2 Å². The van der Waals surface area contributed by atoms with Crippen LogP contribution in [-0.2, 0) is 22.1 Å². The van der Waals surface area contributed by atoms with Gasteiger partial charge in [-0.2, -0.15) is 13.2 Å². The van der Waals surface area contributed by atoms with Crippen molar-refractivity contribution in [3.05, 3.63) is 70.7 Å². The van der Waals surface area contributed by atoms with Crippen LogP contribution in [0.2, 0.25) is 5.02 Å². The Kier molecular flexibility index (Phi) is 6.07. The number of amides is 1. The van der Waals surface area contributed by atoms with Gasteiger partial charge in [-0.25, -0.2) is 14.8 Å². The number of carbonyl (C=O) groups excluding carboxylic acids is 2. The molecule has 0 aliphatic carbocycles. The number of rotatable bonds is 4. The van der Waals surface area contributed by atoms with Crippen molar-refractivity contribution in [2.45, 2.75) is 25.6 Å². The zero-order valence-corrected chi connectivity index (χ0v) is 18.0. The minimum absolute atomic E-state index is 0.0217. The van der Waals surface area contributed by atoms with E-state index in [-0.39, 0.29) is 30.8 Å². The van der Waals surface area contributed by atoms with Crippen LogP contribution in [0, 0.1) is 0 Å². The molecular formula is C21H17ClF3N5O3. The Morgan fingerprint density at radius 1 is 1.24 bits per heavy atom. The van der Waals surface area contributed by atoms with E-state index in [1.807, 2.05) is 0 Å². The van der Waals surface area contributed by atoms with Gasteiger partial charge in [-0.3, -0.25) is 14.3 Å². The lowest BCUT2D eigenvalue weighted by Crippen LogP contribution is -2.44. The van der Waals surface area contributed by atoms with Gasteiger partial charge in [0.25, 0.3) is 5.91 Å². The molecule has 1 aliphatic heterocycles. The fourth-order valence-corrected chi connectivity index (χ4v) is 4.04. The number of hydrogen-bond donors (Lipinski definition) is 0. The quantitative estimate of drug-likeness (QED) is 0.531. The van der Waals surface area contributed by atoms with Crippen LogP contribution >= 0.6 is 11.6 Å². The molecule has 0 bridgehead atoms. The smallest absolute Gasteiger partial charge is 0.417 e. The number of aromatic nitrogens is 4. The summed E-state index contributed by atoms with van der Waals surface area (Å²) in [4.78, 5) is 39.9. The molecule has 0 radical (unpaired) electrons. The summed E-state index contributed by atoms with van der Waals surface area (Å²) < 4.78 is 46.7. The average Bonchev–Trinajstić information content (AvgIpc) is 3.22. The minimum Gasteiger partial charge on any atom is -0.464 e. The summed E-state index contributed by atoms with van der Waals surface area (Å²) in [6.45, 7) is 1.67. The molecule has 1 amide bonds.